The van der Waals surface area contributed by atoms with E-state index in [9.17, 15) is 4.79 Å². The van der Waals surface area contributed by atoms with Crippen molar-refractivity contribution in [1.29, 1.82) is 0 Å². The number of nitrogens with one attached hydrogen (secondary N) is 2. The van der Waals surface area contributed by atoms with Crippen LogP contribution in [0.4, 0.5) is 0 Å². The molecule has 0 bridgehead atoms. The molecule has 0 unspecified atom stereocenters. The van der Waals surface area contributed by atoms with Crippen LogP contribution in [-0.4, -0.2) is 17.0 Å². The van der Waals surface area contributed by atoms with E-state index in [0.717, 1.165) is 29.2 Å². The summed E-state index contributed by atoms with van der Waals surface area (Å²) in [6, 6.07) is 12.9. The van der Waals surface area contributed by atoms with Gasteiger partial charge in [0, 0.05) is 33.1 Å². The van der Waals surface area contributed by atoms with E-state index in [1.54, 1.807) is 18.2 Å². The molecule has 9 heteroatoms. The largest absolute Gasteiger partial charge is 0.489 e. The quantitative estimate of drug-likeness (QED) is 0.168. The van der Waals surface area contributed by atoms with Crippen LogP contribution in [0.5, 0.6) is 5.75 Å². The molecule has 0 spiro atoms. The van der Waals surface area contributed by atoms with Gasteiger partial charge in [-0.15, -0.1) is 0 Å². The molecule has 1 heterocycles. The fourth-order valence-electron chi connectivity index (χ4n) is 3.20. The Morgan fingerprint density at radius 2 is 1.83 bits per heavy atom. The SMILES string of the molecule is NNC(CCCn1c(C=O)cc2cc(OCc3c(Cl)cccc3Cl)ccc21)NN. The van der Waals surface area contributed by atoms with Gasteiger partial charge in [0.25, 0.3) is 0 Å². The van der Waals surface area contributed by atoms with E-state index < -0.39 is 0 Å². The number of fused-ring (bicyclic) bond motifs is 1. The molecule has 0 radical (unpaired) electrons. The van der Waals surface area contributed by atoms with Gasteiger partial charge in [-0.05, 0) is 49.2 Å². The Morgan fingerprint density at radius 3 is 2.48 bits per heavy atom. The van der Waals surface area contributed by atoms with Crippen LogP contribution in [0.1, 0.15) is 28.9 Å². The number of carbonyl (C=O) groups excluding carboxylic acids is 1. The minimum Gasteiger partial charge on any atom is -0.489 e. The zero-order chi connectivity index (χ0) is 20.8. The molecule has 6 N–H and O–H groups in total. The Kier molecular flexibility index (Phi) is 7.49. The maximum Gasteiger partial charge on any atom is 0.166 e. The molecule has 0 atom stereocenters. The summed E-state index contributed by atoms with van der Waals surface area (Å²) in [6.07, 6.45) is 2.16. The summed E-state index contributed by atoms with van der Waals surface area (Å²) in [5.41, 5.74) is 7.47. The number of hydrazine groups is 2. The smallest absolute Gasteiger partial charge is 0.166 e. The van der Waals surface area contributed by atoms with Crippen LogP contribution in [0.15, 0.2) is 42.5 Å². The minimum absolute atomic E-state index is 0.187. The van der Waals surface area contributed by atoms with Crippen molar-refractivity contribution in [1.82, 2.24) is 15.4 Å². The average Bonchev–Trinajstić information content (AvgIpc) is 3.08. The molecule has 0 fully saturated rings. The van der Waals surface area contributed by atoms with Gasteiger partial charge in [0.05, 0.1) is 11.9 Å². The normalized spacial score (nSPS) is 11.3. The second-order valence-electron chi connectivity index (χ2n) is 6.58. The lowest BCUT2D eigenvalue weighted by Crippen LogP contribution is -2.49. The predicted molar refractivity (Wildman–Crippen MR) is 116 cm³/mol. The first-order valence-electron chi connectivity index (χ1n) is 9.13. The van der Waals surface area contributed by atoms with E-state index in [-0.39, 0.29) is 12.8 Å². The van der Waals surface area contributed by atoms with Crippen LogP contribution in [0.2, 0.25) is 10.0 Å². The molecule has 0 saturated carbocycles. The Balaban J connectivity index is 1.75. The zero-order valence-corrected chi connectivity index (χ0v) is 17.2. The molecule has 2 aromatic carbocycles. The van der Waals surface area contributed by atoms with Crippen molar-refractivity contribution < 1.29 is 9.53 Å². The Bertz CT molecular complexity index is 968. The van der Waals surface area contributed by atoms with Crippen LogP contribution in [0.25, 0.3) is 10.9 Å². The maximum atomic E-state index is 11.5. The van der Waals surface area contributed by atoms with Crippen LogP contribution in [0.3, 0.4) is 0 Å². The van der Waals surface area contributed by atoms with Gasteiger partial charge in [-0.3, -0.25) is 16.5 Å². The summed E-state index contributed by atoms with van der Waals surface area (Å²) in [5.74, 6) is 11.5. The molecule has 3 aromatic rings. The summed E-state index contributed by atoms with van der Waals surface area (Å²) in [7, 11) is 0. The van der Waals surface area contributed by atoms with Gasteiger partial charge in [-0.1, -0.05) is 29.3 Å². The summed E-state index contributed by atoms with van der Waals surface area (Å²) in [5, 5.41) is 2.04. The predicted octanol–water partition coefficient (Wildman–Crippen LogP) is 3.37. The molecule has 0 aliphatic rings. The topological polar surface area (TPSA) is 107 Å². The van der Waals surface area contributed by atoms with Crippen molar-refractivity contribution in [2.45, 2.75) is 32.2 Å². The second kappa shape index (κ2) is 10.1. The molecule has 154 valence electrons. The number of nitrogens with two attached hydrogens (primary N) is 2. The third-order valence-corrected chi connectivity index (χ3v) is 5.46. The first-order chi connectivity index (χ1) is 14.1. The van der Waals surface area contributed by atoms with Crippen LogP contribution < -0.4 is 27.3 Å². The van der Waals surface area contributed by atoms with Crippen molar-refractivity contribution in [2.75, 3.05) is 0 Å². The van der Waals surface area contributed by atoms with Gasteiger partial charge in [0.1, 0.15) is 12.4 Å². The number of aryl methyl sites for hydroxylation is 1. The number of nitrogens with zero attached hydrogens (tertiary/aromatic N) is 1. The Hall–Kier alpha value is -2.13. The van der Waals surface area contributed by atoms with Crippen LogP contribution in [-0.2, 0) is 13.2 Å². The number of hydrogen-bond acceptors (Lipinski definition) is 6. The first kappa shape index (κ1) is 21.6. The lowest BCUT2D eigenvalue weighted by Gasteiger charge is -2.15. The number of carbonyl (C=O) groups is 1. The highest BCUT2D eigenvalue weighted by Crippen LogP contribution is 2.28. The van der Waals surface area contributed by atoms with E-state index in [0.29, 0.717) is 34.5 Å². The zero-order valence-electron chi connectivity index (χ0n) is 15.7. The summed E-state index contributed by atoms with van der Waals surface area (Å²) >= 11 is 12.4. The summed E-state index contributed by atoms with van der Waals surface area (Å²) < 4.78 is 7.85. The maximum absolute atomic E-state index is 11.5. The number of halogens is 2. The number of aromatic nitrogens is 1. The lowest BCUT2D eigenvalue weighted by molar-refractivity contribution is 0.111. The number of ether oxygens (including phenoxy) is 1. The summed E-state index contributed by atoms with van der Waals surface area (Å²) in [6.45, 7) is 0.914. The molecule has 1 aromatic heterocycles. The van der Waals surface area contributed by atoms with E-state index in [1.807, 2.05) is 28.8 Å². The Labute approximate surface area is 178 Å². The van der Waals surface area contributed by atoms with Gasteiger partial charge < -0.3 is 9.30 Å². The van der Waals surface area contributed by atoms with Gasteiger partial charge in [-0.2, -0.15) is 0 Å². The standard InChI is InChI=1S/C20H23Cl2N5O2/c21-17-3-1-4-18(22)16(17)12-29-15-6-7-19-13(10-15)9-14(11-28)27(19)8-2-5-20(25-23)26-24/h1,3-4,6-7,9-11,20,25-26H,2,5,8,12,23-24H2. The number of benzene rings is 2. The molecule has 3 rings (SSSR count). The van der Waals surface area contributed by atoms with Gasteiger partial charge in [-0.25, -0.2) is 10.9 Å². The number of aldehydes is 1. The van der Waals surface area contributed by atoms with Crippen molar-refractivity contribution in [3.05, 3.63) is 63.8 Å². The fraction of sp³-hybridized carbons (Fsp3) is 0.250. The van der Waals surface area contributed by atoms with Crippen molar-refractivity contribution in [3.8, 4) is 5.75 Å². The molecule has 0 aliphatic heterocycles. The molecule has 7 nitrogen and oxygen atoms in total. The third-order valence-electron chi connectivity index (χ3n) is 4.75. The average molecular weight is 436 g/mol. The molecular weight excluding hydrogens is 413 g/mol. The minimum atomic E-state index is -0.187. The third kappa shape index (κ3) is 5.08. The van der Waals surface area contributed by atoms with E-state index in [4.69, 9.17) is 39.6 Å². The molecule has 0 saturated heterocycles. The Morgan fingerprint density at radius 1 is 1.10 bits per heavy atom. The highest BCUT2D eigenvalue weighted by molar-refractivity contribution is 6.35. The highest BCUT2D eigenvalue weighted by Gasteiger charge is 2.12. The molecule has 29 heavy (non-hydrogen) atoms. The van der Waals surface area contributed by atoms with Crippen molar-refractivity contribution in [2.24, 2.45) is 11.7 Å². The van der Waals surface area contributed by atoms with Gasteiger partial charge in [0.15, 0.2) is 6.29 Å². The van der Waals surface area contributed by atoms with Crippen molar-refractivity contribution >= 4 is 40.4 Å². The number of hydrogen-bond donors (Lipinski definition) is 4. The highest BCUT2D eigenvalue weighted by atomic mass is 35.5. The second-order valence-corrected chi connectivity index (χ2v) is 7.39. The number of rotatable bonds is 10. The monoisotopic (exact) mass is 435 g/mol. The first-order valence-corrected chi connectivity index (χ1v) is 9.89. The molecule has 0 amide bonds. The summed E-state index contributed by atoms with van der Waals surface area (Å²) in [4.78, 5) is 11.5. The van der Waals surface area contributed by atoms with Gasteiger partial charge >= 0.3 is 0 Å². The lowest BCUT2D eigenvalue weighted by atomic mass is 10.2. The van der Waals surface area contributed by atoms with Gasteiger partial charge in [0.2, 0.25) is 0 Å². The van der Waals surface area contributed by atoms with E-state index >= 15 is 0 Å². The van der Waals surface area contributed by atoms with E-state index in [1.165, 1.54) is 0 Å². The van der Waals surface area contributed by atoms with E-state index in [2.05, 4.69) is 10.9 Å². The molecular formula is C20H23Cl2N5O2. The molecule has 0 aliphatic carbocycles. The van der Waals surface area contributed by atoms with Crippen molar-refractivity contribution in [3.63, 3.8) is 0 Å². The fourth-order valence-corrected chi connectivity index (χ4v) is 3.71. The van der Waals surface area contributed by atoms with Crippen LogP contribution >= 0.6 is 23.2 Å². The van der Waals surface area contributed by atoms with Crippen LogP contribution in [0, 0.1) is 0 Å².